The Bertz CT molecular complexity index is 415. The number of carboxylic acids is 1. The van der Waals surface area contributed by atoms with Gasteiger partial charge in [-0.2, -0.15) is 0 Å². The van der Waals surface area contributed by atoms with Gasteiger partial charge < -0.3 is 9.84 Å². The number of aliphatic carboxylic acids is 1. The lowest BCUT2D eigenvalue weighted by atomic mass is 9.96. The van der Waals surface area contributed by atoms with Gasteiger partial charge in [0.05, 0.1) is 5.92 Å². The van der Waals surface area contributed by atoms with Crippen molar-refractivity contribution in [1.82, 2.24) is 0 Å². The number of alkyl halides is 3. The van der Waals surface area contributed by atoms with Gasteiger partial charge in [-0.25, -0.2) is 0 Å². The van der Waals surface area contributed by atoms with Crippen molar-refractivity contribution in [3.05, 3.63) is 29.8 Å². The van der Waals surface area contributed by atoms with Gasteiger partial charge in [0.25, 0.3) is 0 Å². The fraction of sp³-hybridized carbons (Fsp3) is 0.417. The average Bonchev–Trinajstić information content (AvgIpc) is 2.25. The highest BCUT2D eigenvalue weighted by Crippen LogP contribution is 2.28. The molecule has 0 spiro atoms. The molecule has 1 aromatic carbocycles. The van der Waals surface area contributed by atoms with Crippen LogP contribution in [0.2, 0.25) is 0 Å². The number of para-hydroxylation sites is 1. The zero-order valence-electron chi connectivity index (χ0n) is 9.70. The summed E-state index contributed by atoms with van der Waals surface area (Å²) >= 11 is 0. The maximum Gasteiger partial charge on any atom is 0.573 e. The third-order valence-corrected chi connectivity index (χ3v) is 2.51. The van der Waals surface area contributed by atoms with Crippen LogP contribution in [0.3, 0.4) is 0 Å². The van der Waals surface area contributed by atoms with Crippen molar-refractivity contribution in [3.8, 4) is 5.75 Å². The Hall–Kier alpha value is -1.72. The molecule has 0 aliphatic heterocycles. The molecule has 0 aromatic heterocycles. The summed E-state index contributed by atoms with van der Waals surface area (Å²) in [6.45, 7) is 1.67. The van der Waals surface area contributed by atoms with Crippen LogP contribution in [0.25, 0.3) is 0 Å². The maximum absolute atomic E-state index is 12.2. The van der Waals surface area contributed by atoms with Gasteiger partial charge in [0.15, 0.2) is 0 Å². The van der Waals surface area contributed by atoms with Gasteiger partial charge in [0.1, 0.15) is 5.75 Å². The molecule has 1 atom stereocenters. The molecule has 0 bridgehead atoms. The van der Waals surface area contributed by atoms with E-state index in [1.54, 1.807) is 13.0 Å². The Morgan fingerprint density at radius 3 is 2.50 bits per heavy atom. The van der Waals surface area contributed by atoms with Gasteiger partial charge in [-0.1, -0.05) is 25.1 Å². The second-order valence-electron chi connectivity index (χ2n) is 3.80. The van der Waals surface area contributed by atoms with Crippen LogP contribution in [0.15, 0.2) is 24.3 Å². The van der Waals surface area contributed by atoms with Crippen molar-refractivity contribution in [1.29, 1.82) is 0 Å². The third-order valence-electron chi connectivity index (χ3n) is 2.51. The van der Waals surface area contributed by atoms with Crippen molar-refractivity contribution in [2.45, 2.75) is 26.1 Å². The van der Waals surface area contributed by atoms with Crippen LogP contribution in [0, 0.1) is 5.92 Å². The van der Waals surface area contributed by atoms with E-state index in [9.17, 15) is 18.0 Å². The molecule has 0 saturated carbocycles. The molecular weight excluding hydrogens is 249 g/mol. The van der Waals surface area contributed by atoms with Crippen LogP contribution in [-0.4, -0.2) is 17.4 Å². The van der Waals surface area contributed by atoms with Crippen molar-refractivity contribution in [3.63, 3.8) is 0 Å². The molecule has 6 heteroatoms. The molecule has 0 heterocycles. The largest absolute Gasteiger partial charge is 0.573 e. The Balaban J connectivity index is 2.91. The predicted molar refractivity (Wildman–Crippen MR) is 58.2 cm³/mol. The minimum atomic E-state index is -4.78. The molecule has 0 fully saturated rings. The Labute approximate surface area is 102 Å². The molecule has 0 aliphatic rings. The monoisotopic (exact) mass is 262 g/mol. The van der Waals surface area contributed by atoms with E-state index in [1.165, 1.54) is 18.2 Å². The van der Waals surface area contributed by atoms with Gasteiger partial charge in [0.2, 0.25) is 0 Å². The van der Waals surface area contributed by atoms with Crippen LogP contribution in [0.1, 0.15) is 18.9 Å². The molecule has 1 aromatic rings. The van der Waals surface area contributed by atoms with Crippen molar-refractivity contribution in [2.75, 3.05) is 0 Å². The maximum atomic E-state index is 12.2. The van der Waals surface area contributed by atoms with E-state index < -0.39 is 18.2 Å². The highest BCUT2D eigenvalue weighted by molar-refractivity contribution is 5.70. The summed E-state index contributed by atoms with van der Waals surface area (Å²) in [6, 6.07) is 5.57. The third kappa shape index (κ3) is 4.27. The molecule has 1 rings (SSSR count). The summed E-state index contributed by atoms with van der Waals surface area (Å²) in [4.78, 5) is 10.9. The van der Waals surface area contributed by atoms with Gasteiger partial charge in [-0.15, -0.1) is 13.2 Å². The Morgan fingerprint density at radius 2 is 2.00 bits per heavy atom. The number of ether oxygens (including phenoxy) is 1. The lowest BCUT2D eigenvalue weighted by Gasteiger charge is -2.15. The normalized spacial score (nSPS) is 13.1. The second kappa shape index (κ2) is 5.75. The predicted octanol–water partition coefficient (Wildman–Crippen LogP) is 3.24. The molecule has 100 valence electrons. The first-order chi connectivity index (χ1) is 8.33. The highest BCUT2D eigenvalue weighted by Gasteiger charge is 2.32. The molecule has 1 N–H and O–H groups in total. The molecule has 0 radical (unpaired) electrons. The van der Waals surface area contributed by atoms with Crippen LogP contribution >= 0.6 is 0 Å². The lowest BCUT2D eigenvalue weighted by Crippen LogP contribution is -2.20. The molecule has 0 amide bonds. The quantitative estimate of drug-likeness (QED) is 0.886. The van der Waals surface area contributed by atoms with Crippen molar-refractivity contribution in [2.24, 2.45) is 5.92 Å². The Morgan fingerprint density at radius 1 is 1.39 bits per heavy atom. The smallest absolute Gasteiger partial charge is 0.481 e. The summed E-state index contributed by atoms with van der Waals surface area (Å²) in [6.07, 6.45) is -4.42. The van der Waals surface area contributed by atoms with Crippen molar-refractivity contribution >= 4 is 5.97 Å². The summed E-state index contributed by atoms with van der Waals surface area (Å²) in [7, 11) is 0. The van der Waals surface area contributed by atoms with Gasteiger partial charge >= 0.3 is 12.3 Å². The zero-order chi connectivity index (χ0) is 13.8. The van der Waals surface area contributed by atoms with E-state index in [0.29, 0.717) is 6.42 Å². The highest BCUT2D eigenvalue weighted by atomic mass is 19.4. The number of carboxylic acid groups (broad SMARTS) is 1. The van der Waals surface area contributed by atoms with Crippen LogP contribution in [-0.2, 0) is 11.2 Å². The molecule has 3 nitrogen and oxygen atoms in total. The minimum Gasteiger partial charge on any atom is -0.481 e. The first-order valence-electron chi connectivity index (χ1n) is 5.40. The number of hydrogen-bond acceptors (Lipinski definition) is 2. The number of carbonyl (C=O) groups is 1. The van der Waals surface area contributed by atoms with Crippen LogP contribution < -0.4 is 4.74 Å². The summed E-state index contributed by atoms with van der Waals surface area (Å²) in [5.41, 5.74) is 0.240. The van der Waals surface area contributed by atoms with Gasteiger partial charge in [-0.3, -0.25) is 4.79 Å². The topological polar surface area (TPSA) is 46.5 Å². The molecule has 18 heavy (non-hydrogen) atoms. The van der Waals surface area contributed by atoms with Crippen LogP contribution in [0.5, 0.6) is 5.75 Å². The van der Waals surface area contributed by atoms with E-state index in [2.05, 4.69) is 4.74 Å². The summed E-state index contributed by atoms with van der Waals surface area (Å²) < 4.78 is 40.3. The lowest BCUT2D eigenvalue weighted by molar-refractivity contribution is -0.274. The average molecular weight is 262 g/mol. The number of rotatable bonds is 5. The minimum absolute atomic E-state index is 0.0120. The standard InChI is InChI=1S/C12H13F3O3/c1-2-8(11(16)17)7-9-5-3-4-6-10(9)18-12(13,14)15/h3-6,8H,2,7H2,1H3,(H,16,17)/t8-/m1/s1. The SMILES string of the molecule is CC[C@H](Cc1ccccc1OC(F)(F)F)C(=O)O. The first kappa shape index (κ1) is 14.3. The van der Waals surface area contributed by atoms with Gasteiger partial charge in [-0.05, 0) is 24.5 Å². The molecule has 0 unspecified atom stereocenters. The zero-order valence-corrected chi connectivity index (χ0v) is 9.70. The first-order valence-corrected chi connectivity index (χ1v) is 5.40. The molecule has 0 saturated heterocycles. The van der Waals surface area contributed by atoms with E-state index >= 15 is 0 Å². The summed E-state index contributed by atoms with van der Waals surface area (Å²) in [5.74, 6) is -2.09. The second-order valence-corrected chi connectivity index (χ2v) is 3.80. The molecule has 0 aliphatic carbocycles. The molecular formula is C12H13F3O3. The van der Waals surface area contributed by atoms with Crippen molar-refractivity contribution < 1.29 is 27.8 Å². The summed E-state index contributed by atoms with van der Waals surface area (Å²) in [5, 5.41) is 8.89. The van der Waals surface area contributed by atoms with Crippen LogP contribution in [0.4, 0.5) is 13.2 Å². The number of halogens is 3. The Kier molecular flexibility index (Phi) is 4.58. The van der Waals surface area contributed by atoms with E-state index in [-0.39, 0.29) is 17.7 Å². The fourth-order valence-corrected chi connectivity index (χ4v) is 1.57. The number of hydrogen-bond donors (Lipinski definition) is 1. The van der Waals surface area contributed by atoms with E-state index in [0.717, 1.165) is 0 Å². The number of benzene rings is 1. The van der Waals surface area contributed by atoms with E-state index in [4.69, 9.17) is 5.11 Å². The van der Waals surface area contributed by atoms with Gasteiger partial charge in [0, 0.05) is 0 Å². The van der Waals surface area contributed by atoms with E-state index in [1.807, 2.05) is 0 Å². The fourth-order valence-electron chi connectivity index (χ4n) is 1.57.